The number of halogens is 3. The number of amides is 1. The van der Waals surface area contributed by atoms with Crippen molar-refractivity contribution in [3.05, 3.63) is 63.7 Å². The second-order valence-electron chi connectivity index (χ2n) is 6.90. The monoisotopic (exact) mass is 420 g/mol. The molecule has 1 amide bonds. The van der Waals surface area contributed by atoms with Gasteiger partial charge in [-0.1, -0.05) is 0 Å². The number of benzene rings is 1. The van der Waals surface area contributed by atoms with Gasteiger partial charge < -0.3 is 5.32 Å². The van der Waals surface area contributed by atoms with Gasteiger partial charge >= 0.3 is 11.9 Å². The first-order valence-corrected chi connectivity index (χ1v) is 8.90. The van der Waals surface area contributed by atoms with E-state index in [1.165, 1.54) is 36.0 Å². The Morgan fingerprint density at radius 1 is 1.27 bits per heavy atom. The van der Waals surface area contributed by atoms with E-state index in [1.807, 2.05) is 0 Å². The predicted molar refractivity (Wildman–Crippen MR) is 98.4 cm³/mol. The SMILES string of the molecule is Cn1ncc([N+](=O)[O-])c1C(=O)Nc1ccc(-n2nc(C(F)(F)F)cc2C2CC2)cc1. The quantitative estimate of drug-likeness (QED) is 0.501. The molecule has 1 N–H and O–H groups in total. The zero-order valence-corrected chi connectivity index (χ0v) is 15.6. The lowest BCUT2D eigenvalue weighted by Gasteiger charge is -2.09. The molecule has 1 aliphatic carbocycles. The molecule has 0 atom stereocenters. The van der Waals surface area contributed by atoms with Crippen molar-refractivity contribution in [3.63, 3.8) is 0 Å². The normalized spacial score (nSPS) is 14.0. The number of carbonyl (C=O) groups excluding carboxylic acids is 1. The molecule has 1 saturated carbocycles. The van der Waals surface area contributed by atoms with Gasteiger partial charge in [0.2, 0.25) is 5.69 Å². The Morgan fingerprint density at radius 3 is 2.50 bits per heavy atom. The summed E-state index contributed by atoms with van der Waals surface area (Å²) in [6, 6.07) is 7.08. The molecule has 0 bridgehead atoms. The van der Waals surface area contributed by atoms with Gasteiger partial charge in [0.1, 0.15) is 6.20 Å². The van der Waals surface area contributed by atoms with Gasteiger partial charge in [-0.3, -0.25) is 19.6 Å². The number of hydrogen-bond acceptors (Lipinski definition) is 5. The van der Waals surface area contributed by atoms with E-state index in [-0.39, 0.29) is 11.6 Å². The van der Waals surface area contributed by atoms with Crippen LogP contribution in [0.1, 0.15) is 40.6 Å². The number of rotatable bonds is 5. The number of anilines is 1. The summed E-state index contributed by atoms with van der Waals surface area (Å²) in [6.07, 6.45) is -1.95. The van der Waals surface area contributed by atoms with Gasteiger partial charge in [-0.2, -0.15) is 23.4 Å². The molecule has 1 aromatic carbocycles. The Labute approximate surface area is 167 Å². The summed E-state index contributed by atoms with van der Waals surface area (Å²) in [6.45, 7) is 0. The van der Waals surface area contributed by atoms with E-state index >= 15 is 0 Å². The number of nitro groups is 1. The summed E-state index contributed by atoms with van der Waals surface area (Å²) >= 11 is 0. The molecule has 0 radical (unpaired) electrons. The van der Waals surface area contributed by atoms with Crippen LogP contribution >= 0.6 is 0 Å². The fourth-order valence-corrected chi connectivity index (χ4v) is 3.11. The second-order valence-corrected chi connectivity index (χ2v) is 6.90. The van der Waals surface area contributed by atoms with Crippen LogP contribution in [0, 0.1) is 10.1 Å². The second kappa shape index (κ2) is 6.97. The first-order valence-electron chi connectivity index (χ1n) is 8.90. The molecule has 1 aliphatic rings. The maximum Gasteiger partial charge on any atom is 0.435 e. The van der Waals surface area contributed by atoms with E-state index in [0.29, 0.717) is 17.1 Å². The van der Waals surface area contributed by atoms with Crippen LogP contribution in [-0.4, -0.2) is 30.4 Å². The van der Waals surface area contributed by atoms with E-state index in [4.69, 9.17) is 0 Å². The molecular formula is C18H15F3N6O3. The van der Waals surface area contributed by atoms with Gasteiger partial charge in [-0.25, -0.2) is 4.68 Å². The van der Waals surface area contributed by atoms with Crippen LogP contribution in [0.4, 0.5) is 24.5 Å². The smallest absolute Gasteiger partial charge is 0.320 e. The summed E-state index contributed by atoms with van der Waals surface area (Å²) in [5.41, 5.74) is -0.388. The molecule has 3 aromatic rings. The minimum atomic E-state index is -4.54. The minimum Gasteiger partial charge on any atom is -0.320 e. The molecule has 9 nitrogen and oxygen atoms in total. The average molecular weight is 420 g/mol. The molecule has 1 fully saturated rings. The zero-order chi connectivity index (χ0) is 21.6. The van der Waals surface area contributed by atoms with Crippen LogP contribution in [0.5, 0.6) is 0 Å². The first kappa shape index (κ1) is 19.6. The number of hydrogen-bond donors (Lipinski definition) is 1. The number of nitrogens with zero attached hydrogens (tertiary/aromatic N) is 5. The Balaban J connectivity index is 1.59. The lowest BCUT2D eigenvalue weighted by molar-refractivity contribution is -0.385. The molecule has 12 heteroatoms. The van der Waals surface area contributed by atoms with Crippen molar-refractivity contribution in [2.75, 3.05) is 5.32 Å². The van der Waals surface area contributed by atoms with E-state index in [0.717, 1.165) is 29.8 Å². The molecule has 0 unspecified atom stereocenters. The fraction of sp³-hybridized carbons (Fsp3) is 0.278. The Kier molecular flexibility index (Phi) is 4.56. The van der Waals surface area contributed by atoms with Crippen molar-refractivity contribution in [2.45, 2.75) is 24.9 Å². The Hall–Kier alpha value is -3.70. The number of aryl methyl sites for hydroxylation is 1. The van der Waals surface area contributed by atoms with Gasteiger partial charge in [0.25, 0.3) is 5.91 Å². The number of aromatic nitrogens is 4. The van der Waals surface area contributed by atoms with Crippen molar-refractivity contribution < 1.29 is 22.9 Å². The van der Waals surface area contributed by atoms with Crippen LogP contribution in [0.15, 0.2) is 36.5 Å². The minimum absolute atomic E-state index is 0.0402. The number of carbonyl (C=O) groups is 1. The third kappa shape index (κ3) is 3.63. The van der Waals surface area contributed by atoms with Crippen LogP contribution in [0.2, 0.25) is 0 Å². The van der Waals surface area contributed by atoms with E-state index in [9.17, 15) is 28.1 Å². The van der Waals surface area contributed by atoms with Crippen molar-refractivity contribution in [1.29, 1.82) is 0 Å². The highest BCUT2D eigenvalue weighted by molar-refractivity contribution is 6.05. The highest BCUT2D eigenvalue weighted by atomic mass is 19.4. The Bertz CT molecular complexity index is 1130. The van der Waals surface area contributed by atoms with Crippen LogP contribution < -0.4 is 5.32 Å². The largest absolute Gasteiger partial charge is 0.435 e. The maximum atomic E-state index is 13.1. The number of nitrogens with one attached hydrogen (secondary N) is 1. The van der Waals surface area contributed by atoms with Crippen LogP contribution in [-0.2, 0) is 13.2 Å². The molecule has 30 heavy (non-hydrogen) atoms. The highest BCUT2D eigenvalue weighted by Gasteiger charge is 2.38. The van der Waals surface area contributed by atoms with Crippen molar-refractivity contribution in [2.24, 2.45) is 7.05 Å². The maximum absolute atomic E-state index is 13.1. The van der Waals surface area contributed by atoms with E-state index in [2.05, 4.69) is 15.5 Å². The third-order valence-electron chi connectivity index (χ3n) is 4.72. The fourth-order valence-electron chi connectivity index (χ4n) is 3.11. The summed E-state index contributed by atoms with van der Waals surface area (Å²) in [5.74, 6) is -0.690. The average Bonchev–Trinajstić information content (AvgIpc) is 3.28. The first-order chi connectivity index (χ1) is 14.1. The van der Waals surface area contributed by atoms with Crippen molar-refractivity contribution in [3.8, 4) is 5.69 Å². The lowest BCUT2D eigenvalue weighted by atomic mass is 10.2. The van der Waals surface area contributed by atoms with Gasteiger partial charge in [-0.05, 0) is 43.2 Å². The molecule has 156 valence electrons. The van der Waals surface area contributed by atoms with Crippen molar-refractivity contribution >= 4 is 17.3 Å². The predicted octanol–water partition coefficient (Wildman–Crippen LogP) is 3.66. The zero-order valence-electron chi connectivity index (χ0n) is 15.6. The summed E-state index contributed by atoms with van der Waals surface area (Å²) in [4.78, 5) is 22.8. The molecule has 0 saturated heterocycles. The van der Waals surface area contributed by atoms with Gasteiger partial charge in [0.15, 0.2) is 5.69 Å². The summed E-state index contributed by atoms with van der Waals surface area (Å²) < 4.78 is 41.6. The van der Waals surface area contributed by atoms with E-state index < -0.39 is 28.4 Å². The summed E-state index contributed by atoms with van der Waals surface area (Å²) in [7, 11) is 1.40. The van der Waals surface area contributed by atoms with Gasteiger partial charge in [0, 0.05) is 24.3 Å². The molecule has 4 rings (SSSR count). The van der Waals surface area contributed by atoms with Crippen LogP contribution in [0.25, 0.3) is 5.69 Å². The lowest BCUT2D eigenvalue weighted by Crippen LogP contribution is -2.17. The molecule has 2 heterocycles. The third-order valence-corrected chi connectivity index (χ3v) is 4.72. The van der Waals surface area contributed by atoms with Gasteiger partial charge in [0.05, 0.1) is 10.6 Å². The highest BCUT2D eigenvalue weighted by Crippen LogP contribution is 2.43. The molecule has 0 spiro atoms. The van der Waals surface area contributed by atoms with Crippen LogP contribution in [0.3, 0.4) is 0 Å². The molecule has 2 aromatic heterocycles. The molecule has 0 aliphatic heterocycles. The van der Waals surface area contributed by atoms with Crippen molar-refractivity contribution in [1.82, 2.24) is 19.6 Å². The van der Waals surface area contributed by atoms with E-state index in [1.54, 1.807) is 0 Å². The molecular weight excluding hydrogens is 405 g/mol. The Morgan fingerprint density at radius 2 is 1.93 bits per heavy atom. The topological polar surface area (TPSA) is 108 Å². The standard InChI is InChI=1S/C18H15F3N6O3/c1-25-16(14(9-22-25)27(29)30)17(28)23-11-4-6-12(7-5-11)26-13(10-2-3-10)8-15(24-26)18(19,20)21/h4-10H,2-3H2,1H3,(H,23,28). The summed E-state index contributed by atoms with van der Waals surface area (Å²) in [5, 5.41) is 21.0. The number of alkyl halides is 3. The van der Waals surface area contributed by atoms with Gasteiger partial charge in [-0.15, -0.1) is 0 Å².